The van der Waals surface area contributed by atoms with Crippen LogP contribution in [0.25, 0.3) is 16.2 Å². The lowest BCUT2D eigenvalue weighted by molar-refractivity contribution is -0.138. The van der Waals surface area contributed by atoms with E-state index in [0.29, 0.717) is 6.08 Å². The zero-order valence-electron chi connectivity index (χ0n) is 11.2. The van der Waals surface area contributed by atoms with E-state index < -0.39 is 11.9 Å². The fourth-order valence-electron chi connectivity index (χ4n) is 1.78. The number of nitrogens with zero attached hydrogens (tertiary/aromatic N) is 1. The quantitative estimate of drug-likeness (QED) is 0.687. The molecule has 1 atom stereocenters. The standard InChI is InChI=1S/C14H14O3.CNO/c1-9(14(15)16)10-3-4-12-8-13(17-2)6-5-11(12)7-10;2-1-3/h3-9H,1-2H3,(H,15,16);/q;-1/t9-;/m0./s1. The van der Waals surface area contributed by atoms with Gasteiger partial charge < -0.3 is 15.3 Å². The van der Waals surface area contributed by atoms with E-state index in [0.717, 1.165) is 22.1 Å². The number of fused-ring (bicyclic) bond motifs is 1. The van der Waals surface area contributed by atoms with Crippen molar-refractivity contribution in [3.63, 3.8) is 0 Å². The molecular formula is C15H14NO4-. The Bertz CT molecular complexity index is 645. The average molecular weight is 272 g/mol. The number of carbonyl (C=O) groups excluding carboxylic acids is 1. The van der Waals surface area contributed by atoms with Crippen LogP contribution < -0.4 is 4.74 Å². The van der Waals surface area contributed by atoms with E-state index in [2.05, 4.69) is 0 Å². The molecule has 0 aliphatic heterocycles. The van der Waals surface area contributed by atoms with Crippen molar-refractivity contribution in [2.24, 2.45) is 0 Å². The largest absolute Gasteiger partial charge is 0.724 e. The summed E-state index contributed by atoms with van der Waals surface area (Å²) in [6.07, 6.45) is 0.500. The van der Waals surface area contributed by atoms with E-state index >= 15 is 0 Å². The van der Waals surface area contributed by atoms with Gasteiger partial charge >= 0.3 is 5.97 Å². The highest BCUT2D eigenvalue weighted by Gasteiger charge is 2.13. The molecule has 0 bridgehead atoms. The Kier molecular flexibility index (Phi) is 5.44. The van der Waals surface area contributed by atoms with Crippen molar-refractivity contribution in [3.8, 4) is 5.75 Å². The van der Waals surface area contributed by atoms with Crippen LogP contribution in [0.1, 0.15) is 18.4 Å². The number of rotatable bonds is 3. The number of ether oxygens (including phenoxy) is 1. The van der Waals surface area contributed by atoms with Crippen LogP contribution in [0.5, 0.6) is 5.75 Å². The van der Waals surface area contributed by atoms with Crippen molar-refractivity contribution in [1.82, 2.24) is 0 Å². The Hall–Kier alpha value is -2.65. The van der Waals surface area contributed by atoms with Gasteiger partial charge in [-0.3, -0.25) is 9.59 Å². The third kappa shape index (κ3) is 3.67. The maximum absolute atomic E-state index is 10.9. The van der Waals surface area contributed by atoms with Crippen molar-refractivity contribution in [3.05, 3.63) is 47.4 Å². The number of aliphatic carboxylic acids is 1. The molecule has 5 nitrogen and oxygen atoms in total. The number of carbonyl (C=O) groups is 1. The van der Waals surface area contributed by atoms with Crippen molar-refractivity contribution in [2.45, 2.75) is 12.8 Å². The first-order valence-electron chi connectivity index (χ1n) is 5.85. The average Bonchev–Trinajstić information content (AvgIpc) is 2.46. The molecule has 2 aromatic rings. The van der Waals surface area contributed by atoms with E-state index in [1.54, 1.807) is 14.0 Å². The summed E-state index contributed by atoms with van der Waals surface area (Å²) < 4.78 is 5.14. The molecule has 20 heavy (non-hydrogen) atoms. The van der Waals surface area contributed by atoms with Crippen molar-refractivity contribution in [1.29, 1.82) is 0 Å². The molecular weight excluding hydrogens is 258 g/mol. The first kappa shape index (κ1) is 15.4. The van der Waals surface area contributed by atoms with Crippen LogP contribution in [-0.2, 0) is 9.59 Å². The van der Waals surface area contributed by atoms with Crippen molar-refractivity contribution < 1.29 is 19.4 Å². The first-order chi connectivity index (χ1) is 9.53. The molecule has 0 saturated heterocycles. The number of carboxylic acid groups (broad SMARTS) is 1. The molecule has 0 aromatic heterocycles. The SMILES string of the molecule is COc1ccc2cc([C@H](C)C(=O)O)ccc2c1.[N-]=C=O. The van der Waals surface area contributed by atoms with Gasteiger partial charge in [0.2, 0.25) is 0 Å². The third-order valence-electron chi connectivity index (χ3n) is 2.94. The maximum atomic E-state index is 10.9. The first-order valence-corrected chi connectivity index (χ1v) is 5.85. The fraction of sp³-hybridized carbons (Fsp3) is 0.200. The molecule has 0 aliphatic carbocycles. The highest BCUT2D eigenvalue weighted by Crippen LogP contribution is 2.25. The third-order valence-corrected chi connectivity index (χ3v) is 2.94. The van der Waals surface area contributed by atoms with Gasteiger partial charge in [-0.1, -0.05) is 24.3 Å². The molecule has 2 aromatic carbocycles. The van der Waals surface area contributed by atoms with E-state index in [-0.39, 0.29) is 0 Å². The van der Waals surface area contributed by atoms with Gasteiger partial charge in [-0.2, -0.15) is 0 Å². The Balaban J connectivity index is 0.000000612. The Morgan fingerprint density at radius 1 is 1.25 bits per heavy atom. The van der Waals surface area contributed by atoms with Gasteiger partial charge in [0.1, 0.15) is 5.75 Å². The van der Waals surface area contributed by atoms with Crippen LogP contribution >= 0.6 is 0 Å². The zero-order chi connectivity index (χ0) is 15.1. The summed E-state index contributed by atoms with van der Waals surface area (Å²) in [5, 5.41) is 17.8. The number of benzene rings is 2. The predicted octanol–water partition coefficient (Wildman–Crippen LogP) is 2.93. The summed E-state index contributed by atoms with van der Waals surface area (Å²) in [5.41, 5.74) is 0.815. The van der Waals surface area contributed by atoms with E-state index in [1.165, 1.54) is 0 Å². The second kappa shape index (κ2) is 7.07. The molecule has 0 saturated carbocycles. The summed E-state index contributed by atoms with van der Waals surface area (Å²) in [4.78, 5) is 19.2. The summed E-state index contributed by atoms with van der Waals surface area (Å²) in [6, 6.07) is 11.4. The summed E-state index contributed by atoms with van der Waals surface area (Å²) in [6.45, 7) is 1.69. The molecule has 0 aliphatic rings. The fourth-order valence-corrected chi connectivity index (χ4v) is 1.78. The summed E-state index contributed by atoms with van der Waals surface area (Å²) in [5.74, 6) is -0.490. The minimum Gasteiger partial charge on any atom is -0.724 e. The van der Waals surface area contributed by atoms with Gasteiger partial charge in [0, 0.05) is 0 Å². The van der Waals surface area contributed by atoms with E-state index in [1.807, 2.05) is 36.4 Å². The molecule has 0 amide bonds. The van der Waals surface area contributed by atoms with Crippen LogP contribution in [0.4, 0.5) is 0 Å². The lowest BCUT2D eigenvalue weighted by Gasteiger charge is -2.08. The molecule has 0 unspecified atom stereocenters. The van der Waals surface area contributed by atoms with Gasteiger partial charge in [-0.05, 0) is 41.5 Å². The number of isocyanates is 1. The Labute approximate surface area is 116 Å². The highest BCUT2D eigenvalue weighted by molar-refractivity contribution is 5.86. The topological polar surface area (TPSA) is 85.9 Å². The lowest BCUT2D eigenvalue weighted by Crippen LogP contribution is -2.06. The monoisotopic (exact) mass is 272 g/mol. The zero-order valence-corrected chi connectivity index (χ0v) is 11.2. The second-order valence-electron chi connectivity index (χ2n) is 4.12. The normalized spacial score (nSPS) is 10.9. The smallest absolute Gasteiger partial charge is 0.310 e. The molecule has 0 fully saturated rings. The van der Waals surface area contributed by atoms with Crippen molar-refractivity contribution >= 4 is 22.8 Å². The van der Waals surface area contributed by atoms with Crippen LogP contribution in [-0.4, -0.2) is 24.3 Å². The summed E-state index contributed by atoms with van der Waals surface area (Å²) >= 11 is 0. The molecule has 0 radical (unpaired) electrons. The van der Waals surface area contributed by atoms with Gasteiger partial charge in [0.25, 0.3) is 0 Å². The summed E-state index contributed by atoms with van der Waals surface area (Å²) in [7, 11) is 1.63. The lowest BCUT2D eigenvalue weighted by atomic mass is 9.98. The van der Waals surface area contributed by atoms with Crippen molar-refractivity contribution in [2.75, 3.05) is 7.11 Å². The second-order valence-corrected chi connectivity index (χ2v) is 4.12. The minimum absolute atomic E-state index is 0.485. The molecule has 104 valence electrons. The molecule has 2 rings (SSSR count). The van der Waals surface area contributed by atoms with Crippen LogP contribution in [0.3, 0.4) is 0 Å². The Morgan fingerprint density at radius 2 is 1.80 bits per heavy atom. The maximum Gasteiger partial charge on any atom is 0.310 e. The van der Waals surface area contributed by atoms with Gasteiger partial charge in [0.15, 0.2) is 0 Å². The number of hydrogen-bond donors (Lipinski definition) is 1. The Morgan fingerprint density at radius 3 is 2.35 bits per heavy atom. The van der Waals surface area contributed by atoms with E-state index in [9.17, 15) is 4.79 Å². The minimum atomic E-state index is -0.808. The van der Waals surface area contributed by atoms with Crippen LogP contribution in [0.2, 0.25) is 0 Å². The van der Waals surface area contributed by atoms with Gasteiger partial charge in [-0.25, -0.2) is 0 Å². The molecule has 0 heterocycles. The predicted molar refractivity (Wildman–Crippen MR) is 75.6 cm³/mol. The number of methoxy groups -OCH3 is 1. The van der Waals surface area contributed by atoms with Gasteiger partial charge in [0.05, 0.1) is 13.0 Å². The van der Waals surface area contributed by atoms with Gasteiger partial charge in [-0.15, -0.1) is 0 Å². The highest BCUT2D eigenvalue weighted by atomic mass is 16.5. The van der Waals surface area contributed by atoms with E-state index in [4.69, 9.17) is 20.0 Å². The molecule has 0 spiro atoms. The number of hydrogen-bond acceptors (Lipinski definition) is 3. The molecule has 1 N–H and O–H groups in total. The van der Waals surface area contributed by atoms with Crippen LogP contribution in [0.15, 0.2) is 36.4 Å². The van der Waals surface area contributed by atoms with Crippen LogP contribution in [0, 0.1) is 0 Å². The number of carboxylic acids is 1. The molecule has 5 heteroatoms.